The van der Waals surface area contributed by atoms with E-state index in [-0.39, 0.29) is 0 Å². The van der Waals surface area contributed by atoms with Crippen LogP contribution in [0.15, 0.2) is 29.3 Å². The summed E-state index contributed by atoms with van der Waals surface area (Å²) >= 11 is 0. The number of rotatable bonds is 11. The van der Waals surface area contributed by atoms with Gasteiger partial charge in [-0.15, -0.1) is 0 Å². The molecule has 0 spiro atoms. The lowest BCUT2D eigenvalue weighted by atomic mass is 10.2. The van der Waals surface area contributed by atoms with E-state index in [4.69, 9.17) is 14.5 Å². The number of unbranched alkanes of at least 4 members (excludes halogenated alkanes) is 1. The number of benzene rings is 1. The summed E-state index contributed by atoms with van der Waals surface area (Å²) in [5.41, 5.74) is 1.15. The van der Waals surface area contributed by atoms with Crippen LogP contribution in [0.25, 0.3) is 0 Å². The van der Waals surface area contributed by atoms with Gasteiger partial charge >= 0.3 is 0 Å². The molecule has 5 nitrogen and oxygen atoms in total. The smallest absolute Gasteiger partial charge is 0.191 e. The van der Waals surface area contributed by atoms with E-state index in [9.17, 15) is 0 Å². The van der Waals surface area contributed by atoms with E-state index >= 15 is 0 Å². The molecule has 1 aromatic rings. The standard InChI is InChI=1S/C21H35N3O2/c1-3-22-21(23-15-9-10-16-25-4-2)24-17-18-11-5-8-14-20(18)26-19-12-6-7-13-19/h5,8,11,14,19H,3-4,6-7,9-10,12-13,15-17H2,1-2H3,(H2,22,23,24). The molecule has 26 heavy (non-hydrogen) atoms. The summed E-state index contributed by atoms with van der Waals surface area (Å²) in [6.45, 7) is 8.12. The number of hydrogen-bond donors (Lipinski definition) is 2. The van der Waals surface area contributed by atoms with Crippen molar-refractivity contribution in [1.82, 2.24) is 10.6 Å². The van der Waals surface area contributed by atoms with Gasteiger partial charge in [-0.05, 0) is 58.4 Å². The SMILES string of the molecule is CCNC(=NCc1ccccc1OC1CCCC1)NCCCCOCC. The molecule has 2 rings (SSSR count). The van der Waals surface area contributed by atoms with Crippen LogP contribution in [0.1, 0.15) is 57.9 Å². The normalized spacial score (nSPS) is 15.2. The van der Waals surface area contributed by atoms with Crippen LogP contribution in [0.5, 0.6) is 5.75 Å². The lowest BCUT2D eigenvalue weighted by Crippen LogP contribution is -2.37. The molecular weight excluding hydrogens is 326 g/mol. The van der Waals surface area contributed by atoms with Crippen LogP contribution in [0.2, 0.25) is 0 Å². The van der Waals surface area contributed by atoms with Crippen molar-refractivity contribution < 1.29 is 9.47 Å². The van der Waals surface area contributed by atoms with Crippen molar-refractivity contribution in [3.05, 3.63) is 29.8 Å². The summed E-state index contributed by atoms with van der Waals surface area (Å²) < 4.78 is 11.6. The molecule has 1 aliphatic carbocycles. The molecule has 0 saturated heterocycles. The highest BCUT2D eigenvalue weighted by Gasteiger charge is 2.17. The third-order valence-corrected chi connectivity index (χ3v) is 4.53. The first-order valence-electron chi connectivity index (χ1n) is 10.2. The minimum absolute atomic E-state index is 0.372. The van der Waals surface area contributed by atoms with Crippen LogP contribution in [0, 0.1) is 0 Å². The fourth-order valence-electron chi connectivity index (χ4n) is 3.12. The Balaban J connectivity index is 1.85. The number of aliphatic imine (C=N–C) groups is 1. The molecule has 1 aliphatic rings. The Morgan fingerprint density at radius 2 is 1.92 bits per heavy atom. The lowest BCUT2D eigenvalue weighted by Gasteiger charge is -2.16. The number of ether oxygens (including phenoxy) is 2. The minimum Gasteiger partial charge on any atom is -0.490 e. The van der Waals surface area contributed by atoms with Crippen molar-refractivity contribution in [3.63, 3.8) is 0 Å². The summed E-state index contributed by atoms with van der Waals surface area (Å²) in [6, 6.07) is 8.27. The molecule has 0 radical (unpaired) electrons. The van der Waals surface area contributed by atoms with Gasteiger partial charge in [-0.3, -0.25) is 0 Å². The van der Waals surface area contributed by atoms with Gasteiger partial charge < -0.3 is 20.1 Å². The van der Waals surface area contributed by atoms with E-state index in [1.807, 2.05) is 13.0 Å². The summed E-state index contributed by atoms with van der Waals surface area (Å²) in [5.74, 6) is 1.84. The van der Waals surface area contributed by atoms with Gasteiger partial charge in [-0.2, -0.15) is 0 Å². The Morgan fingerprint density at radius 3 is 2.69 bits per heavy atom. The van der Waals surface area contributed by atoms with Gasteiger partial charge in [0.25, 0.3) is 0 Å². The number of guanidine groups is 1. The number of para-hydroxylation sites is 1. The quantitative estimate of drug-likeness (QED) is 0.357. The van der Waals surface area contributed by atoms with E-state index in [0.29, 0.717) is 12.6 Å². The second kappa shape index (κ2) is 12.6. The topological polar surface area (TPSA) is 54.9 Å². The van der Waals surface area contributed by atoms with Crippen LogP contribution < -0.4 is 15.4 Å². The predicted molar refractivity (Wildman–Crippen MR) is 108 cm³/mol. The summed E-state index contributed by atoms with van der Waals surface area (Å²) in [4.78, 5) is 4.74. The van der Waals surface area contributed by atoms with Crippen molar-refractivity contribution in [2.75, 3.05) is 26.3 Å². The summed E-state index contributed by atoms with van der Waals surface area (Å²) in [5, 5.41) is 6.72. The van der Waals surface area contributed by atoms with Crippen molar-refractivity contribution in [1.29, 1.82) is 0 Å². The first-order valence-corrected chi connectivity index (χ1v) is 10.2. The molecule has 0 aromatic heterocycles. The van der Waals surface area contributed by atoms with Crippen LogP contribution in [0.3, 0.4) is 0 Å². The molecule has 1 aromatic carbocycles. The molecule has 0 unspecified atom stereocenters. The van der Waals surface area contributed by atoms with E-state index < -0.39 is 0 Å². The minimum atomic E-state index is 0.372. The Labute approximate surface area is 158 Å². The largest absolute Gasteiger partial charge is 0.490 e. The highest BCUT2D eigenvalue weighted by atomic mass is 16.5. The van der Waals surface area contributed by atoms with Gasteiger partial charge in [0.15, 0.2) is 5.96 Å². The van der Waals surface area contributed by atoms with Gasteiger partial charge in [-0.1, -0.05) is 18.2 Å². The Bertz CT molecular complexity index is 528. The first-order chi connectivity index (χ1) is 12.8. The van der Waals surface area contributed by atoms with E-state index in [1.165, 1.54) is 25.7 Å². The zero-order chi connectivity index (χ0) is 18.5. The monoisotopic (exact) mass is 361 g/mol. The number of hydrogen-bond acceptors (Lipinski definition) is 3. The van der Waals surface area contributed by atoms with E-state index in [1.54, 1.807) is 0 Å². The second-order valence-electron chi connectivity index (χ2n) is 6.66. The average molecular weight is 362 g/mol. The van der Waals surface area contributed by atoms with Crippen molar-refractivity contribution in [3.8, 4) is 5.75 Å². The maximum Gasteiger partial charge on any atom is 0.191 e. The number of nitrogens with one attached hydrogen (secondary N) is 2. The predicted octanol–water partition coefficient (Wildman–Crippen LogP) is 3.88. The Kier molecular flexibility index (Phi) is 9.95. The Hall–Kier alpha value is -1.75. The van der Waals surface area contributed by atoms with Crippen molar-refractivity contribution >= 4 is 5.96 Å². The fraction of sp³-hybridized carbons (Fsp3) is 0.667. The van der Waals surface area contributed by atoms with Gasteiger partial charge in [0, 0.05) is 31.9 Å². The molecule has 2 N–H and O–H groups in total. The molecule has 0 heterocycles. The fourth-order valence-corrected chi connectivity index (χ4v) is 3.12. The number of nitrogens with zero attached hydrogens (tertiary/aromatic N) is 1. The lowest BCUT2D eigenvalue weighted by molar-refractivity contribution is 0.143. The molecule has 1 saturated carbocycles. The Morgan fingerprint density at radius 1 is 1.12 bits per heavy atom. The third-order valence-electron chi connectivity index (χ3n) is 4.53. The highest BCUT2D eigenvalue weighted by molar-refractivity contribution is 5.79. The molecule has 5 heteroatoms. The third kappa shape index (κ3) is 7.65. The molecule has 146 valence electrons. The second-order valence-corrected chi connectivity index (χ2v) is 6.66. The van der Waals surface area contributed by atoms with E-state index in [0.717, 1.165) is 56.4 Å². The molecule has 0 aliphatic heterocycles. The van der Waals surface area contributed by atoms with Crippen LogP contribution in [0.4, 0.5) is 0 Å². The van der Waals surface area contributed by atoms with Gasteiger partial charge in [0.1, 0.15) is 5.75 Å². The zero-order valence-electron chi connectivity index (χ0n) is 16.4. The average Bonchev–Trinajstić information content (AvgIpc) is 3.16. The maximum absolute atomic E-state index is 6.21. The highest BCUT2D eigenvalue weighted by Crippen LogP contribution is 2.26. The maximum atomic E-state index is 6.21. The van der Waals surface area contributed by atoms with Gasteiger partial charge in [0.2, 0.25) is 0 Å². The van der Waals surface area contributed by atoms with E-state index in [2.05, 4.69) is 35.8 Å². The van der Waals surface area contributed by atoms with Crippen LogP contribution >= 0.6 is 0 Å². The summed E-state index contributed by atoms with van der Waals surface area (Å²) in [6.07, 6.45) is 7.42. The van der Waals surface area contributed by atoms with Crippen LogP contribution in [-0.2, 0) is 11.3 Å². The molecular formula is C21H35N3O2. The molecule has 0 amide bonds. The first kappa shape index (κ1) is 20.6. The van der Waals surface area contributed by atoms with Gasteiger partial charge in [0.05, 0.1) is 12.6 Å². The van der Waals surface area contributed by atoms with Crippen LogP contribution in [-0.4, -0.2) is 38.4 Å². The van der Waals surface area contributed by atoms with Crippen molar-refractivity contribution in [2.45, 2.75) is 65.0 Å². The molecule has 1 fully saturated rings. The summed E-state index contributed by atoms with van der Waals surface area (Å²) in [7, 11) is 0. The molecule has 0 bridgehead atoms. The molecule has 0 atom stereocenters. The van der Waals surface area contributed by atoms with Gasteiger partial charge in [-0.25, -0.2) is 4.99 Å². The van der Waals surface area contributed by atoms with Crippen molar-refractivity contribution in [2.24, 2.45) is 4.99 Å². The zero-order valence-corrected chi connectivity index (χ0v) is 16.4.